The van der Waals surface area contributed by atoms with Crippen molar-refractivity contribution in [1.29, 1.82) is 0 Å². The summed E-state index contributed by atoms with van der Waals surface area (Å²) in [5.74, 6) is 0. The minimum atomic E-state index is 1.06. The lowest BCUT2D eigenvalue weighted by atomic mass is 10.2. The molecule has 0 spiro atoms. The zero-order valence-corrected chi connectivity index (χ0v) is 12.6. The van der Waals surface area contributed by atoms with Gasteiger partial charge in [-0.05, 0) is 37.3 Å². The predicted molar refractivity (Wildman–Crippen MR) is 83.3 cm³/mol. The average molecular weight is 275 g/mol. The van der Waals surface area contributed by atoms with Gasteiger partial charge in [0.25, 0.3) is 0 Å². The van der Waals surface area contributed by atoms with Gasteiger partial charge in [-0.2, -0.15) is 0 Å². The van der Waals surface area contributed by atoms with Gasteiger partial charge in [0.05, 0.1) is 14.8 Å². The average Bonchev–Trinajstić information content (AvgIpc) is 3.04. The Bertz CT molecular complexity index is 660. The van der Waals surface area contributed by atoms with E-state index in [2.05, 4.69) is 44.9 Å². The topological polar surface area (TPSA) is 12.9 Å². The highest BCUT2D eigenvalue weighted by Gasteiger charge is 2.06. The van der Waals surface area contributed by atoms with Crippen molar-refractivity contribution in [2.24, 2.45) is 0 Å². The molecule has 2 aromatic rings. The molecule has 2 rings (SSSR count). The molecule has 0 bridgehead atoms. The lowest BCUT2D eigenvalue weighted by Crippen LogP contribution is -2.24. The molecule has 1 nitrogen and oxygen atoms in total. The van der Waals surface area contributed by atoms with Crippen molar-refractivity contribution in [3.8, 4) is 9.88 Å². The number of hydrogen-bond acceptors (Lipinski definition) is 3. The third kappa shape index (κ3) is 2.47. The van der Waals surface area contributed by atoms with E-state index in [1.165, 1.54) is 15.0 Å². The van der Waals surface area contributed by atoms with E-state index in [0.29, 0.717) is 0 Å². The maximum absolute atomic E-state index is 4.79. The predicted octanol–water partition coefficient (Wildman–Crippen LogP) is 3.81. The number of thiophene rings is 1. The Labute approximate surface area is 116 Å². The van der Waals surface area contributed by atoms with Gasteiger partial charge in [-0.15, -0.1) is 22.7 Å². The SMILES string of the molecule is C=C/C(C)=c1/nc(-c2cccs2)s/c1=C(\C)CC. The second kappa shape index (κ2) is 5.63. The Hall–Kier alpha value is -1.19. The summed E-state index contributed by atoms with van der Waals surface area (Å²) in [4.78, 5) is 6.04. The highest BCUT2D eigenvalue weighted by Crippen LogP contribution is 2.24. The van der Waals surface area contributed by atoms with Gasteiger partial charge in [0.15, 0.2) is 0 Å². The summed E-state index contributed by atoms with van der Waals surface area (Å²) >= 11 is 3.53. The molecule has 0 aliphatic heterocycles. The summed E-state index contributed by atoms with van der Waals surface area (Å²) in [5, 5.41) is 4.30. The Kier molecular flexibility index (Phi) is 4.15. The van der Waals surface area contributed by atoms with Crippen LogP contribution in [0.25, 0.3) is 21.0 Å². The smallest absolute Gasteiger partial charge is 0.134 e. The van der Waals surface area contributed by atoms with Crippen LogP contribution in [0.3, 0.4) is 0 Å². The summed E-state index contributed by atoms with van der Waals surface area (Å²) in [7, 11) is 0. The highest BCUT2D eigenvalue weighted by atomic mass is 32.1. The van der Waals surface area contributed by atoms with E-state index in [-0.39, 0.29) is 0 Å². The van der Waals surface area contributed by atoms with Gasteiger partial charge in [-0.25, -0.2) is 4.98 Å². The zero-order valence-electron chi connectivity index (χ0n) is 11.0. The van der Waals surface area contributed by atoms with Crippen LogP contribution >= 0.6 is 22.7 Å². The molecule has 0 aliphatic rings. The molecule has 0 amide bonds. The molecule has 0 saturated carbocycles. The molecule has 2 aromatic heterocycles. The number of hydrogen-bond donors (Lipinski definition) is 0. The van der Waals surface area contributed by atoms with Crippen LogP contribution in [-0.4, -0.2) is 4.98 Å². The normalized spacial score (nSPS) is 14.4. The molecule has 3 heteroatoms. The van der Waals surface area contributed by atoms with Gasteiger partial charge in [-0.3, -0.25) is 0 Å². The summed E-state index contributed by atoms with van der Waals surface area (Å²) in [6, 6.07) is 4.20. The molecular formula is C15H17NS2. The van der Waals surface area contributed by atoms with Crippen LogP contribution < -0.4 is 9.88 Å². The fourth-order valence-electron chi connectivity index (χ4n) is 1.64. The number of rotatable bonds is 3. The lowest BCUT2D eigenvalue weighted by Gasteiger charge is -1.91. The van der Waals surface area contributed by atoms with E-state index >= 15 is 0 Å². The first-order valence-electron chi connectivity index (χ1n) is 6.01. The van der Waals surface area contributed by atoms with E-state index in [9.17, 15) is 0 Å². The van der Waals surface area contributed by atoms with Crippen LogP contribution in [0, 0.1) is 0 Å². The first-order chi connectivity index (χ1) is 8.67. The molecule has 18 heavy (non-hydrogen) atoms. The molecule has 2 heterocycles. The fourth-order valence-corrected chi connectivity index (χ4v) is 3.64. The highest BCUT2D eigenvalue weighted by molar-refractivity contribution is 7.20. The van der Waals surface area contributed by atoms with E-state index in [1.54, 1.807) is 22.7 Å². The van der Waals surface area contributed by atoms with Gasteiger partial charge in [-0.1, -0.05) is 31.2 Å². The Morgan fingerprint density at radius 2 is 2.22 bits per heavy atom. The lowest BCUT2D eigenvalue weighted by molar-refractivity contribution is 1.20. The maximum atomic E-state index is 4.79. The molecule has 0 atom stereocenters. The van der Waals surface area contributed by atoms with Gasteiger partial charge >= 0.3 is 0 Å². The molecule has 0 saturated heterocycles. The molecule has 0 radical (unpaired) electrons. The molecule has 94 valence electrons. The standard InChI is InChI=1S/C15H17NS2/c1-5-10(3)13-14(11(4)6-2)18-15(16-13)12-8-7-9-17-12/h5,7-9H,1,6H2,2-4H3/b13-10+,14-11+. The van der Waals surface area contributed by atoms with Gasteiger partial charge < -0.3 is 0 Å². The van der Waals surface area contributed by atoms with Gasteiger partial charge in [0.2, 0.25) is 0 Å². The summed E-state index contributed by atoms with van der Waals surface area (Å²) in [6.45, 7) is 10.3. The quantitative estimate of drug-likeness (QED) is 0.830. The van der Waals surface area contributed by atoms with Crippen molar-refractivity contribution in [2.45, 2.75) is 27.2 Å². The fraction of sp³-hybridized carbons (Fsp3) is 0.267. The van der Waals surface area contributed by atoms with Crippen molar-refractivity contribution in [1.82, 2.24) is 4.98 Å². The third-order valence-electron chi connectivity index (χ3n) is 2.96. The van der Waals surface area contributed by atoms with Crippen molar-refractivity contribution >= 4 is 33.8 Å². The number of nitrogens with zero attached hydrogens (tertiary/aromatic N) is 1. The maximum Gasteiger partial charge on any atom is 0.134 e. The first-order valence-corrected chi connectivity index (χ1v) is 7.70. The van der Waals surface area contributed by atoms with Crippen molar-refractivity contribution < 1.29 is 0 Å². The monoisotopic (exact) mass is 275 g/mol. The van der Waals surface area contributed by atoms with Crippen LogP contribution in [0.2, 0.25) is 0 Å². The summed E-state index contributed by atoms with van der Waals surface area (Å²) < 4.78 is 1.30. The van der Waals surface area contributed by atoms with Gasteiger partial charge in [0.1, 0.15) is 5.01 Å². The van der Waals surface area contributed by atoms with Crippen LogP contribution in [0.5, 0.6) is 0 Å². The third-order valence-corrected chi connectivity index (χ3v) is 5.21. The van der Waals surface area contributed by atoms with E-state index in [1.807, 2.05) is 6.08 Å². The molecule has 0 fully saturated rings. The number of aromatic nitrogens is 1. The second-order valence-electron chi connectivity index (χ2n) is 4.20. The van der Waals surface area contributed by atoms with Crippen molar-refractivity contribution in [2.75, 3.05) is 0 Å². The second-order valence-corrected chi connectivity index (χ2v) is 6.14. The van der Waals surface area contributed by atoms with E-state index in [0.717, 1.165) is 22.4 Å². The minimum absolute atomic E-state index is 1.06. The molecular weight excluding hydrogens is 258 g/mol. The van der Waals surface area contributed by atoms with Crippen LogP contribution in [0.15, 0.2) is 30.2 Å². The Balaban J connectivity index is 2.79. The number of thiazole rings is 1. The summed E-state index contributed by atoms with van der Waals surface area (Å²) in [5.41, 5.74) is 2.54. The van der Waals surface area contributed by atoms with E-state index < -0.39 is 0 Å². The first kappa shape index (κ1) is 13.2. The van der Waals surface area contributed by atoms with Crippen LogP contribution in [-0.2, 0) is 0 Å². The Morgan fingerprint density at radius 3 is 2.78 bits per heavy atom. The van der Waals surface area contributed by atoms with Crippen LogP contribution in [0.1, 0.15) is 27.2 Å². The molecule has 0 unspecified atom stereocenters. The molecule has 0 aliphatic carbocycles. The zero-order chi connectivity index (χ0) is 13.1. The largest absolute Gasteiger partial charge is 0.235 e. The summed E-state index contributed by atoms with van der Waals surface area (Å²) in [6.07, 6.45) is 2.95. The van der Waals surface area contributed by atoms with Crippen LogP contribution in [0.4, 0.5) is 0 Å². The van der Waals surface area contributed by atoms with Crippen molar-refractivity contribution in [3.05, 3.63) is 40.0 Å². The van der Waals surface area contributed by atoms with Crippen molar-refractivity contribution in [3.63, 3.8) is 0 Å². The van der Waals surface area contributed by atoms with E-state index in [4.69, 9.17) is 4.98 Å². The minimum Gasteiger partial charge on any atom is -0.235 e. The Morgan fingerprint density at radius 1 is 1.44 bits per heavy atom. The number of allylic oxidation sites excluding steroid dienone is 1. The molecule has 0 N–H and O–H groups in total. The van der Waals surface area contributed by atoms with Gasteiger partial charge in [0, 0.05) is 0 Å². The molecule has 0 aromatic carbocycles.